The van der Waals surface area contributed by atoms with E-state index in [0.717, 1.165) is 46.2 Å². The Kier molecular flexibility index (Phi) is 16.5. The Bertz CT molecular complexity index is 2630. The van der Waals surface area contributed by atoms with Crippen molar-refractivity contribution in [2.24, 2.45) is 0 Å². The van der Waals surface area contributed by atoms with Gasteiger partial charge >= 0.3 is 58.5 Å². The van der Waals surface area contributed by atoms with Gasteiger partial charge in [-0.25, -0.2) is 26.4 Å². The van der Waals surface area contributed by atoms with E-state index in [9.17, 15) is 125 Å². The van der Waals surface area contributed by atoms with Gasteiger partial charge in [0.15, 0.2) is 0 Å². The molecule has 2 aromatic carbocycles. The number of halogens is 18. The summed E-state index contributed by atoms with van der Waals surface area (Å²) in [5.41, 5.74) is -1.58. The number of rotatable bonds is 18. The molecule has 0 saturated carbocycles. The number of alkyl halides is 18. The normalized spacial score (nSPS) is 17.5. The van der Waals surface area contributed by atoms with E-state index in [1.807, 2.05) is 0 Å². The van der Waals surface area contributed by atoms with Crippen LogP contribution < -0.4 is 0 Å². The maximum Gasteiger partial charge on any atom is 0.460 e. The van der Waals surface area contributed by atoms with Crippen molar-refractivity contribution in [3.8, 4) is 0 Å². The van der Waals surface area contributed by atoms with Crippen molar-refractivity contribution >= 4 is 43.8 Å². The molecule has 4 rings (SSSR count). The number of carbonyl (C=O) groups excluding carboxylic acids is 2. The maximum atomic E-state index is 14.5. The van der Waals surface area contributed by atoms with Crippen molar-refractivity contribution in [2.75, 3.05) is 52.4 Å². The van der Waals surface area contributed by atoms with Gasteiger partial charge in [-0.2, -0.15) is 87.6 Å². The van der Waals surface area contributed by atoms with Gasteiger partial charge in [0, 0.05) is 63.5 Å². The summed E-state index contributed by atoms with van der Waals surface area (Å²) in [6, 6.07) is 5.90. The molecule has 1 unspecified atom stereocenters. The first-order chi connectivity index (χ1) is 32.5. The number of hydrogen-bond acceptors (Lipinski definition) is 8. The molecule has 2 fully saturated rings. The first kappa shape index (κ1) is 59.4. The van der Waals surface area contributed by atoms with E-state index in [1.165, 1.54) is 0 Å². The van der Waals surface area contributed by atoms with E-state index < -0.39 is 168 Å². The number of amides is 2. The molecule has 2 amide bonds. The highest BCUT2D eigenvalue weighted by atomic mass is 32.2. The second-order valence-electron chi connectivity index (χ2n) is 16.0. The molecular weight excluding hydrogens is 1080 g/mol. The van der Waals surface area contributed by atoms with Crippen LogP contribution in [0.15, 0.2) is 36.4 Å². The van der Waals surface area contributed by atoms with Crippen molar-refractivity contribution in [1.29, 1.82) is 0 Å². The summed E-state index contributed by atoms with van der Waals surface area (Å²) < 4.78 is 291. The van der Waals surface area contributed by atoms with Crippen LogP contribution in [0.2, 0.25) is 0 Å². The minimum atomic E-state index is -7.52. The Hall–Kier alpha value is -5.12. The lowest BCUT2D eigenvalue weighted by Crippen LogP contribution is -2.66. The van der Waals surface area contributed by atoms with Gasteiger partial charge < -0.3 is 20.0 Å². The summed E-state index contributed by atoms with van der Waals surface area (Å²) in [4.78, 5) is 52.7. The van der Waals surface area contributed by atoms with Gasteiger partial charge in [0.2, 0.25) is 0 Å². The lowest BCUT2D eigenvalue weighted by atomic mass is 9.85. The van der Waals surface area contributed by atoms with Gasteiger partial charge in [-0.15, -0.1) is 0 Å². The summed E-state index contributed by atoms with van der Waals surface area (Å²) in [7, 11) is -13.9. The van der Waals surface area contributed by atoms with E-state index in [2.05, 4.69) is 0 Å². The van der Waals surface area contributed by atoms with E-state index in [-0.39, 0.29) is 47.9 Å². The van der Waals surface area contributed by atoms with Crippen molar-refractivity contribution in [3.05, 3.63) is 69.8 Å². The average molecular weight is 1110 g/mol. The number of carboxylic acids is 2. The number of hydrogen-bond donors (Lipinski definition) is 2. The molecule has 0 aromatic heterocycles. The SMILES string of the molecule is CCC(CCCc1cc(C(=O)N2CCN(S(=O)(=O)C(F)(F)C(F)(F)C(F)(F)C(F)(F)F)CC2)ccc1C(=O)O)c1cc(C(=O)N2CCN(S(=O)(=O)C(F)(F)C(F)(F)C(F)(F)C(F)(F)F)CC2)ccc1C(=O)O. The standard InChI is InChI=1S/C38H36F18N4O10S2/c1-2-20(26-19-23(7-9-25(26)30(65)66)28(62)58-12-16-60(17-13-58)72(69,70)38(55,56)34(45,46)32(41,42)36(50,51)52)4-3-5-21-18-22(6-8-24(21)29(63)64)27(61)57-10-14-59(15-11-57)71(67,68)37(53,54)33(43,44)31(39,40)35(47,48)49/h6-9,18-20H,2-5,10-17H2,1H3,(H,63,64)(H,65,66). The third kappa shape index (κ3) is 10.2. The lowest BCUT2D eigenvalue weighted by Gasteiger charge is -2.38. The highest BCUT2D eigenvalue weighted by Crippen LogP contribution is 2.57. The van der Waals surface area contributed by atoms with E-state index >= 15 is 0 Å². The molecule has 2 aliphatic heterocycles. The van der Waals surface area contributed by atoms with Crippen LogP contribution in [0.5, 0.6) is 0 Å². The summed E-state index contributed by atoms with van der Waals surface area (Å²) in [6.07, 6.45) is -14.8. The topological polar surface area (TPSA) is 190 Å². The molecular formula is C38H36F18N4O10S2. The summed E-state index contributed by atoms with van der Waals surface area (Å²) in [6.45, 7) is -7.39. The third-order valence-corrected chi connectivity index (χ3v) is 15.6. The highest BCUT2D eigenvalue weighted by Gasteiger charge is 2.87. The second kappa shape index (κ2) is 20.0. The monoisotopic (exact) mass is 1110 g/mol. The van der Waals surface area contributed by atoms with E-state index in [4.69, 9.17) is 0 Å². The van der Waals surface area contributed by atoms with Gasteiger partial charge in [0.25, 0.3) is 31.9 Å². The molecule has 406 valence electrons. The first-order valence-electron chi connectivity index (χ1n) is 20.2. The van der Waals surface area contributed by atoms with Gasteiger partial charge in [-0.1, -0.05) is 6.92 Å². The number of piperazine rings is 2. The molecule has 2 aliphatic rings. The predicted molar refractivity (Wildman–Crippen MR) is 207 cm³/mol. The van der Waals surface area contributed by atoms with Gasteiger partial charge in [0.05, 0.1) is 11.1 Å². The quantitative estimate of drug-likeness (QED) is 0.141. The minimum Gasteiger partial charge on any atom is -0.478 e. The lowest BCUT2D eigenvalue weighted by molar-refractivity contribution is -0.382. The zero-order valence-corrected chi connectivity index (χ0v) is 37.7. The largest absolute Gasteiger partial charge is 0.478 e. The molecule has 1 atom stereocenters. The number of sulfonamides is 2. The number of nitrogens with zero attached hydrogens (tertiary/aromatic N) is 4. The molecule has 0 bridgehead atoms. The summed E-state index contributed by atoms with van der Waals surface area (Å²) in [5, 5.41) is 5.72. The molecule has 0 radical (unpaired) electrons. The Labute approximate surface area is 394 Å². The zero-order chi connectivity index (χ0) is 55.4. The van der Waals surface area contributed by atoms with Crippen molar-refractivity contribution in [1.82, 2.24) is 18.4 Å². The van der Waals surface area contributed by atoms with Crippen molar-refractivity contribution in [2.45, 2.75) is 85.1 Å². The number of carboxylic acid groups (broad SMARTS) is 2. The second-order valence-corrected chi connectivity index (χ2v) is 20.0. The Morgan fingerprint density at radius 1 is 0.528 bits per heavy atom. The van der Waals surface area contributed by atoms with E-state index in [1.54, 1.807) is 6.92 Å². The molecule has 72 heavy (non-hydrogen) atoms. The maximum absolute atomic E-state index is 14.5. The molecule has 14 nitrogen and oxygen atoms in total. The van der Waals surface area contributed by atoms with Crippen LogP contribution in [0.4, 0.5) is 79.0 Å². The van der Waals surface area contributed by atoms with Crippen LogP contribution in [0.1, 0.15) is 84.7 Å². The predicted octanol–water partition coefficient (Wildman–Crippen LogP) is 7.63. The van der Waals surface area contributed by atoms with Crippen LogP contribution in [-0.4, -0.2) is 168 Å². The first-order valence-corrected chi connectivity index (χ1v) is 23.1. The number of carbonyl (C=O) groups is 4. The fourth-order valence-corrected chi connectivity index (χ4v) is 10.3. The van der Waals surface area contributed by atoms with Crippen LogP contribution in [0.3, 0.4) is 0 Å². The molecule has 0 aliphatic carbocycles. The minimum absolute atomic E-state index is 0.0244. The summed E-state index contributed by atoms with van der Waals surface area (Å²) >= 11 is 0. The smallest absolute Gasteiger partial charge is 0.460 e. The van der Waals surface area contributed by atoms with Gasteiger partial charge in [0.1, 0.15) is 0 Å². The van der Waals surface area contributed by atoms with Crippen LogP contribution in [-0.2, 0) is 26.5 Å². The van der Waals surface area contributed by atoms with Crippen LogP contribution in [0.25, 0.3) is 0 Å². The Morgan fingerprint density at radius 2 is 0.875 bits per heavy atom. The molecule has 0 spiro atoms. The zero-order valence-electron chi connectivity index (χ0n) is 36.1. The van der Waals surface area contributed by atoms with Gasteiger partial charge in [-0.05, 0) is 79.1 Å². The number of aromatic carboxylic acids is 2. The molecule has 34 heteroatoms. The molecule has 2 heterocycles. The fraction of sp³-hybridized carbons (Fsp3) is 0.579. The average Bonchev–Trinajstić information content (AvgIpc) is 3.28. The Balaban J connectivity index is 1.49. The van der Waals surface area contributed by atoms with Crippen LogP contribution >= 0.6 is 0 Å². The van der Waals surface area contributed by atoms with Gasteiger partial charge in [-0.3, -0.25) is 9.59 Å². The highest BCUT2D eigenvalue weighted by molar-refractivity contribution is 7.90. The summed E-state index contributed by atoms with van der Waals surface area (Å²) in [5.74, 6) is -36.0. The van der Waals surface area contributed by atoms with Crippen molar-refractivity contribution < 1.29 is 125 Å². The van der Waals surface area contributed by atoms with Crippen molar-refractivity contribution in [3.63, 3.8) is 0 Å². The molecule has 2 aromatic rings. The van der Waals surface area contributed by atoms with E-state index in [0.29, 0.717) is 0 Å². The fourth-order valence-electron chi connectivity index (χ4n) is 7.49. The molecule has 2 saturated heterocycles. The molecule has 2 N–H and O–H groups in total. The van der Waals surface area contributed by atoms with Crippen LogP contribution in [0, 0.1) is 0 Å². The number of benzene rings is 2. The number of aryl methyl sites for hydroxylation is 1. The third-order valence-electron chi connectivity index (χ3n) is 11.7. The Morgan fingerprint density at radius 3 is 1.21 bits per heavy atom.